The van der Waals surface area contributed by atoms with E-state index in [-0.39, 0.29) is 11.1 Å². The summed E-state index contributed by atoms with van der Waals surface area (Å²) in [5.41, 5.74) is 0.624. The van der Waals surface area contributed by atoms with E-state index in [1.807, 2.05) is 13.8 Å². The van der Waals surface area contributed by atoms with E-state index in [4.69, 9.17) is 4.74 Å². The Bertz CT molecular complexity index is 522. The van der Waals surface area contributed by atoms with Crippen LogP contribution >= 0.6 is 0 Å². The molecule has 1 aliphatic heterocycles. The van der Waals surface area contributed by atoms with Crippen molar-refractivity contribution in [1.82, 2.24) is 25.4 Å². The fourth-order valence-corrected chi connectivity index (χ4v) is 3.10. The maximum absolute atomic E-state index is 12.3. The summed E-state index contributed by atoms with van der Waals surface area (Å²) in [5.74, 6) is 0. The van der Waals surface area contributed by atoms with Gasteiger partial charge in [0.1, 0.15) is 0 Å². The minimum absolute atomic E-state index is 0.108. The van der Waals surface area contributed by atoms with Gasteiger partial charge in [0.25, 0.3) is 10.0 Å². The van der Waals surface area contributed by atoms with Crippen LogP contribution in [0.4, 0.5) is 0 Å². The van der Waals surface area contributed by atoms with Gasteiger partial charge < -0.3 is 10.1 Å². The zero-order valence-electron chi connectivity index (χ0n) is 11.7. The molecule has 0 aliphatic carbocycles. The first-order chi connectivity index (χ1) is 9.49. The third-order valence-electron chi connectivity index (χ3n) is 2.91. The number of H-pyrrole nitrogens is 1. The van der Waals surface area contributed by atoms with Crippen LogP contribution < -0.4 is 10.1 Å². The number of ether oxygens (including phenoxy) is 1. The molecule has 1 aliphatic rings. The Kier molecular flexibility index (Phi) is 5.11. The van der Waals surface area contributed by atoms with E-state index in [2.05, 4.69) is 20.3 Å². The molecule has 0 aromatic carbocycles. The van der Waals surface area contributed by atoms with Gasteiger partial charge in [-0.15, -0.1) is 4.83 Å². The highest BCUT2D eigenvalue weighted by Gasteiger charge is 2.24. The third-order valence-corrected chi connectivity index (χ3v) is 4.30. The van der Waals surface area contributed by atoms with Crippen molar-refractivity contribution in [3.05, 3.63) is 11.8 Å². The standard InChI is InChI=1S/C11H21N5O3S/c1-9(2)12-7-10-8-13-14-11(10)20(17,18)15-16-3-5-19-6-4-16/h8-9,12,15H,3-7H2,1-2H3,(H,13,14). The predicted octanol–water partition coefficient (Wildman–Crippen LogP) is -0.567. The van der Waals surface area contributed by atoms with Crippen LogP contribution in [-0.2, 0) is 21.3 Å². The first kappa shape index (κ1) is 15.4. The number of nitrogens with zero attached hydrogens (tertiary/aromatic N) is 2. The molecule has 2 rings (SSSR count). The van der Waals surface area contributed by atoms with Crippen molar-refractivity contribution >= 4 is 10.0 Å². The average Bonchev–Trinajstić information content (AvgIpc) is 2.86. The van der Waals surface area contributed by atoms with Crippen molar-refractivity contribution in [3.8, 4) is 0 Å². The van der Waals surface area contributed by atoms with Gasteiger partial charge in [0, 0.05) is 31.2 Å². The first-order valence-electron chi connectivity index (χ1n) is 6.60. The molecule has 1 aromatic rings. The minimum atomic E-state index is -3.63. The van der Waals surface area contributed by atoms with Gasteiger partial charge in [0.05, 0.1) is 19.4 Å². The Hall–Kier alpha value is -1.00. The number of morpholine rings is 1. The number of aromatic amines is 1. The number of hydrogen-bond acceptors (Lipinski definition) is 6. The molecule has 1 fully saturated rings. The van der Waals surface area contributed by atoms with Crippen molar-refractivity contribution in [2.45, 2.75) is 31.5 Å². The highest BCUT2D eigenvalue weighted by atomic mass is 32.2. The number of hydrazine groups is 1. The number of sulfonamides is 1. The van der Waals surface area contributed by atoms with E-state index < -0.39 is 10.0 Å². The SMILES string of the molecule is CC(C)NCc1cn[nH]c1S(=O)(=O)NN1CCOCC1. The van der Waals surface area contributed by atoms with Crippen molar-refractivity contribution in [3.63, 3.8) is 0 Å². The lowest BCUT2D eigenvalue weighted by atomic mass is 10.3. The van der Waals surface area contributed by atoms with Crippen LogP contribution in [0.15, 0.2) is 11.2 Å². The van der Waals surface area contributed by atoms with Crippen LogP contribution in [0.5, 0.6) is 0 Å². The van der Waals surface area contributed by atoms with Crippen LogP contribution in [-0.4, -0.2) is 56.0 Å². The maximum Gasteiger partial charge on any atom is 0.270 e. The molecule has 9 heteroatoms. The minimum Gasteiger partial charge on any atom is -0.379 e. The van der Waals surface area contributed by atoms with Crippen LogP contribution in [0, 0.1) is 0 Å². The first-order valence-corrected chi connectivity index (χ1v) is 8.08. The van der Waals surface area contributed by atoms with E-state index in [0.29, 0.717) is 38.4 Å². The summed E-state index contributed by atoms with van der Waals surface area (Å²) >= 11 is 0. The topological polar surface area (TPSA) is 99.3 Å². The second kappa shape index (κ2) is 6.64. The largest absolute Gasteiger partial charge is 0.379 e. The summed E-state index contributed by atoms with van der Waals surface area (Å²) in [7, 11) is -3.63. The van der Waals surface area contributed by atoms with Crippen LogP contribution in [0.2, 0.25) is 0 Å². The molecule has 8 nitrogen and oxygen atoms in total. The van der Waals surface area contributed by atoms with Crippen LogP contribution in [0.3, 0.4) is 0 Å². The van der Waals surface area contributed by atoms with Crippen molar-refractivity contribution in [1.29, 1.82) is 0 Å². The summed E-state index contributed by atoms with van der Waals surface area (Å²) in [5, 5.41) is 11.3. The fraction of sp³-hybridized carbons (Fsp3) is 0.727. The van der Waals surface area contributed by atoms with Gasteiger partial charge in [-0.05, 0) is 0 Å². The van der Waals surface area contributed by atoms with Crippen molar-refractivity contribution < 1.29 is 13.2 Å². The Morgan fingerprint density at radius 1 is 1.45 bits per heavy atom. The third kappa shape index (κ3) is 4.00. The van der Waals surface area contributed by atoms with Crippen molar-refractivity contribution in [2.24, 2.45) is 0 Å². The predicted molar refractivity (Wildman–Crippen MR) is 73.3 cm³/mol. The van der Waals surface area contributed by atoms with Gasteiger partial charge in [0.15, 0.2) is 5.03 Å². The second-order valence-corrected chi connectivity index (χ2v) is 6.55. The molecule has 0 saturated carbocycles. The molecule has 0 radical (unpaired) electrons. The highest BCUT2D eigenvalue weighted by molar-refractivity contribution is 7.89. The van der Waals surface area contributed by atoms with E-state index >= 15 is 0 Å². The van der Waals surface area contributed by atoms with Gasteiger partial charge >= 0.3 is 0 Å². The number of rotatable bonds is 6. The molecule has 0 amide bonds. The molecule has 0 bridgehead atoms. The normalized spacial score (nSPS) is 17.8. The molecule has 0 spiro atoms. The lowest BCUT2D eigenvalue weighted by Gasteiger charge is -2.26. The Morgan fingerprint density at radius 3 is 2.80 bits per heavy atom. The molecule has 0 unspecified atom stereocenters. The Balaban J connectivity index is 2.06. The molecule has 114 valence electrons. The Labute approximate surface area is 118 Å². The summed E-state index contributed by atoms with van der Waals surface area (Å²) < 4.78 is 29.9. The van der Waals surface area contributed by atoms with Crippen molar-refractivity contribution in [2.75, 3.05) is 26.3 Å². The monoisotopic (exact) mass is 303 g/mol. The molecular formula is C11H21N5O3S. The van der Waals surface area contributed by atoms with Crippen LogP contribution in [0.1, 0.15) is 19.4 Å². The number of nitrogens with one attached hydrogen (secondary N) is 3. The lowest BCUT2D eigenvalue weighted by molar-refractivity contribution is 0.0272. The molecule has 1 saturated heterocycles. The molecule has 20 heavy (non-hydrogen) atoms. The summed E-state index contributed by atoms with van der Waals surface area (Å²) in [6, 6.07) is 0.271. The van der Waals surface area contributed by atoms with Gasteiger partial charge in [-0.2, -0.15) is 5.10 Å². The van der Waals surface area contributed by atoms with E-state index in [1.165, 1.54) is 6.20 Å². The molecule has 3 N–H and O–H groups in total. The van der Waals surface area contributed by atoms with E-state index in [0.717, 1.165) is 0 Å². The van der Waals surface area contributed by atoms with Gasteiger partial charge in [-0.25, -0.2) is 13.4 Å². The van der Waals surface area contributed by atoms with E-state index in [1.54, 1.807) is 5.01 Å². The number of hydrogen-bond donors (Lipinski definition) is 3. The summed E-state index contributed by atoms with van der Waals surface area (Å²) in [6.45, 7) is 6.56. The van der Waals surface area contributed by atoms with Crippen LogP contribution in [0.25, 0.3) is 0 Å². The molecule has 2 heterocycles. The quantitative estimate of drug-likeness (QED) is 0.651. The molecule has 1 aromatic heterocycles. The molecule has 0 atom stereocenters. The highest BCUT2D eigenvalue weighted by Crippen LogP contribution is 2.12. The maximum atomic E-state index is 12.3. The Morgan fingerprint density at radius 2 is 2.15 bits per heavy atom. The average molecular weight is 303 g/mol. The molecular weight excluding hydrogens is 282 g/mol. The number of aromatic nitrogens is 2. The summed E-state index contributed by atoms with van der Waals surface area (Å²) in [6.07, 6.45) is 1.53. The van der Waals surface area contributed by atoms with E-state index in [9.17, 15) is 8.42 Å². The smallest absolute Gasteiger partial charge is 0.270 e. The summed E-state index contributed by atoms with van der Waals surface area (Å²) in [4.78, 5) is 2.55. The van der Waals surface area contributed by atoms with Gasteiger partial charge in [0.2, 0.25) is 0 Å². The zero-order chi connectivity index (χ0) is 14.6. The van der Waals surface area contributed by atoms with Gasteiger partial charge in [-0.1, -0.05) is 13.8 Å². The zero-order valence-corrected chi connectivity index (χ0v) is 12.5. The lowest BCUT2D eigenvalue weighted by Crippen LogP contribution is -2.48. The fourth-order valence-electron chi connectivity index (χ4n) is 1.84. The second-order valence-electron chi connectivity index (χ2n) is 4.95. The van der Waals surface area contributed by atoms with Gasteiger partial charge in [-0.3, -0.25) is 5.10 Å².